The Bertz CT molecular complexity index is 1330. The van der Waals surface area contributed by atoms with Crippen LogP contribution in [0.25, 0.3) is 0 Å². The van der Waals surface area contributed by atoms with Crippen LogP contribution >= 0.6 is 0 Å². The first-order valence-electron chi connectivity index (χ1n) is 15.2. The Morgan fingerprint density at radius 2 is 1.64 bits per heavy atom. The van der Waals surface area contributed by atoms with Crippen molar-refractivity contribution in [1.82, 2.24) is 10.2 Å². The smallest absolute Gasteiger partial charge is 0.251 e. The summed E-state index contributed by atoms with van der Waals surface area (Å²) < 4.78 is 65.1. The zero-order valence-corrected chi connectivity index (χ0v) is 23.9. The lowest BCUT2D eigenvalue weighted by Gasteiger charge is -2.42. The van der Waals surface area contributed by atoms with Crippen LogP contribution in [-0.4, -0.2) is 50.6 Å². The Balaban J connectivity index is 1.25. The summed E-state index contributed by atoms with van der Waals surface area (Å²) in [5.41, 5.74) is 3.19. The largest absolute Gasteiger partial charge is 0.489 e. The van der Waals surface area contributed by atoms with E-state index in [9.17, 15) is 8.78 Å². The van der Waals surface area contributed by atoms with Gasteiger partial charge in [-0.1, -0.05) is 36.4 Å². The number of fused-ring (bicyclic) bond motifs is 1. The van der Waals surface area contributed by atoms with Gasteiger partial charge in [0.15, 0.2) is 0 Å². The van der Waals surface area contributed by atoms with Crippen molar-refractivity contribution in [2.75, 3.05) is 44.2 Å². The number of hydrogen-bond acceptors (Lipinski definition) is 4. The molecular formula is C34H39F4N3O. The molecule has 42 heavy (non-hydrogen) atoms. The van der Waals surface area contributed by atoms with Crippen LogP contribution in [0, 0.1) is 17.0 Å². The predicted molar refractivity (Wildman–Crippen MR) is 157 cm³/mol. The maximum absolute atomic E-state index is 15.9. The number of hydrogen-bond donors (Lipinski definition) is 1. The molecule has 8 heteroatoms. The van der Waals surface area contributed by atoms with Crippen molar-refractivity contribution in [2.45, 2.75) is 57.6 Å². The number of halogens is 4. The Hall–Kier alpha value is -3.10. The molecule has 2 saturated heterocycles. The predicted octanol–water partition coefficient (Wildman–Crippen LogP) is 7.12. The van der Waals surface area contributed by atoms with E-state index >= 15 is 8.78 Å². The second-order valence-electron chi connectivity index (χ2n) is 12.1. The van der Waals surface area contributed by atoms with Crippen molar-refractivity contribution < 1.29 is 22.3 Å². The van der Waals surface area contributed by atoms with E-state index in [1.165, 1.54) is 23.5 Å². The first-order chi connectivity index (χ1) is 20.4. The minimum atomic E-state index is -2.62. The molecule has 3 aromatic carbocycles. The van der Waals surface area contributed by atoms with Gasteiger partial charge in [0, 0.05) is 30.9 Å². The summed E-state index contributed by atoms with van der Waals surface area (Å²) in [6.07, 6.45) is 3.38. The summed E-state index contributed by atoms with van der Waals surface area (Å²) >= 11 is 0. The molecule has 3 aromatic rings. The molecule has 0 aliphatic carbocycles. The molecule has 4 nitrogen and oxygen atoms in total. The van der Waals surface area contributed by atoms with Crippen LogP contribution in [0.1, 0.15) is 60.4 Å². The van der Waals surface area contributed by atoms with Crippen LogP contribution in [-0.2, 0) is 13.0 Å². The summed E-state index contributed by atoms with van der Waals surface area (Å²) in [6, 6.07) is 17.0. The molecule has 0 amide bonds. The second-order valence-corrected chi connectivity index (χ2v) is 12.1. The monoisotopic (exact) mass is 581 g/mol. The number of piperidine rings is 1. The molecule has 0 aromatic heterocycles. The molecule has 224 valence electrons. The highest BCUT2D eigenvalue weighted by molar-refractivity contribution is 5.52. The number of anilines is 1. The van der Waals surface area contributed by atoms with Crippen molar-refractivity contribution >= 4 is 5.69 Å². The van der Waals surface area contributed by atoms with Crippen molar-refractivity contribution in [3.8, 4) is 5.75 Å². The van der Waals surface area contributed by atoms with Gasteiger partial charge in [-0.3, -0.25) is 4.90 Å². The average Bonchev–Trinajstić information content (AvgIpc) is 3.22. The molecule has 1 atom stereocenters. The number of alkyl halides is 2. The van der Waals surface area contributed by atoms with E-state index in [-0.39, 0.29) is 12.1 Å². The summed E-state index contributed by atoms with van der Waals surface area (Å²) in [4.78, 5) is 3.57. The summed E-state index contributed by atoms with van der Waals surface area (Å²) in [7, 11) is 0. The third-order valence-corrected chi connectivity index (χ3v) is 9.48. The lowest BCUT2D eigenvalue weighted by atomic mass is 9.73. The Labute approximate surface area is 245 Å². The lowest BCUT2D eigenvalue weighted by Crippen LogP contribution is -2.41. The van der Waals surface area contributed by atoms with Gasteiger partial charge >= 0.3 is 0 Å². The number of rotatable bonds is 7. The van der Waals surface area contributed by atoms with E-state index < -0.39 is 30.6 Å². The van der Waals surface area contributed by atoms with Gasteiger partial charge in [0.2, 0.25) is 0 Å². The zero-order valence-electron chi connectivity index (χ0n) is 23.9. The van der Waals surface area contributed by atoms with E-state index in [0.29, 0.717) is 35.4 Å². The average molecular weight is 582 g/mol. The van der Waals surface area contributed by atoms with E-state index in [4.69, 9.17) is 4.74 Å². The fraction of sp³-hybridized carbons (Fsp3) is 0.471. The van der Waals surface area contributed by atoms with Crippen molar-refractivity contribution in [3.05, 3.63) is 94.6 Å². The lowest BCUT2D eigenvalue weighted by molar-refractivity contribution is 0.0686. The molecule has 1 N–H and O–H groups in total. The van der Waals surface area contributed by atoms with Crippen LogP contribution in [0.5, 0.6) is 5.75 Å². The van der Waals surface area contributed by atoms with Crippen LogP contribution < -0.4 is 15.0 Å². The van der Waals surface area contributed by atoms with Gasteiger partial charge in [-0.2, -0.15) is 0 Å². The van der Waals surface area contributed by atoms with Crippen molar-refractivity contribution in [1.29, 1.82) is 0 Å². The fourth-order valence-corrected chi connectivity index (χ4v) is 7.14. The van der Waals surface area contributed by atoms with Crippen LogP contribution in [0.2, 0.25) is 0 Å². The van der Waals surface area contributed by atoms with Crippen molar-refractivity contribution in [2.24, 2.45) is 5.41 Å². The molecule has 3 heterocycles. The summed E-state index contributed by atoms with van der Waals surface area (Å²) in [5.74, 6) is -0.738. The summed E-state index contributed by atoms with van der Waals surface area (Å²) in [6.45, 7) is 3.70. The van der Waals surface area contributed by atoms with Gasteiger partial charge < -0.3 is 15.0 Å². The van der Waals surface area contributed by atoms with Crippen molar-refractivity contribution in [3.63, 3.8) is 0 Å². The van der Waals surface area contributed by atoms with E-state index in [1.54, 1.807) is 12.1 Å². The molecular weight excluding hydrogens is 542 g/mol. The molecule has 2 fully saturated rings. The third kappa shape index (κ3) is 6.30. The quantitative estimate of drug-likeness (QED) is 0.301. The zero-order chi connectivity index (χ0) is 29.1. The van der Waals surface area contributed by atoms with E-state index in [2.05, 4.69) is 10.2 Å². The van der Waals surface area contributed by atoms with Gasteiger partial charge in [-0.25, -0.2) is 17.6 Å². The van der Waals surface area contributed by atoms with Gasteiger partial charge in [0.05, 0.1) is 12.6 Å². The topological polar surface area (TPSA) is 27.7 Å². The van der Waals surface area contributed by atoms with Gasteiger partial charge in [0.1, 0.15) is 24.0 Å². The minimum absolute atomic E-state index is 0.165. The van der Waals surface area contributed by atoms with Crippen LogP contribution in [0.4, 0.5) is 23.2 Å². The first-order valence-corrected chi connectivity index (χ1v) is 15.2. The minimum Gasteiger partial charge on any atom is -0.489 e. The first kappa shape index (κ1) is 29.0. The molecule has 6 rings (SSSR count). The Kier molecular flexibility index (Phi) is 8.72. The molecule has 3 aliphatic heterocycles. The highest BCUT2D eigenvalue weighted by Gasteiger charge is 2.37. The SMILES string of the molecule is Fc1cc(N2CCC3(CCCNCC3)CC2)cc(F)c1C1c2ccc(OCc3ccccc3)cc2CCN1CC(F)F. The molecule has 0 bridgehead atoms. The van der Waals surface area contributed by atoms with Crippen LogP contribution in [0.3, 0.4) is 0 Å². The number of benzene rings is 3. The Morgan fingerprint density at radius 1 is 0.881 bits per heavy atom. The maximum Gasteiger partial charge on any atom is 0.251 e. The fourth-order valence-electron chi connectivity index (χ4n) is 7.14. The number of ether oxygens (including phenoxy) is 1. The van der Waals surface area contributed by atoms with Gasteiger partial charge in [-0.15, -0.1) is 0 Å². The molecule has 0 saturated carbocycles. The van der Waals surface area contributed by atoms with E-state index in [1.807, 2.05) is 36.4 Å². The molecule has 0 radical (unpaired) electrons. The van der Waals surface area contributed by atoms with Gasteiger partial charge in [0.25, 0.3) is 6.43 Å². The third-order valence-electron chi connectivity index (χ3n) is 9.48. The molecule has 3 aliphatic rings. The Morgan fingerprint density at radius 3 is 2.38 bits per heavy atom. The normalized spacial score (nSPS) is 20.9. The number of nitrogens with zero attached hydrogens (tertiary/aromatic N) is 2. The summed E-state index contributed by atoms with van der Waals surface area (Å²) in [5, 5.41) is 3.48. The second kappa shape index (κ2) is 12.6. The van der Waals surface area contributed by atoms with Gasteiger partial charge in [-0.05, 0) is 98.0 Å². The molecule has 1 unspecified atom stereocenters. The highest BCUT2D eigenvalue weighted by Crippen LogP contribution is 2.43. The number of nitrogens with one attached hydrogen (secondary N) is 1. The maximum atomic E-state index is 15.9. The molecule has 1 spiro atoms. The standard InChI is InChI=1S/C34H39F4N3O/c35-29-20-26(40-17-12-34(13-18-40)10-4-14-39-15-11-34)21-30(36)32(29)33-28-8-7-27(42-23-24-5-2-1-3-6-24)19-25(28)9-16-41(33)22-31(37)38/h1-3,5-8,19-21,31,33,39H,4,9-18,22-23H2. The van der Waals surface area contributed by atoms with E-state index in [0.717, 1.165) is 63.0 Å². The van der Waals surface area contributed by atoms with Crippen LogP contribution in [0.15, 0.2) is 60.7 Å². The highest BCUT2D eigenvalue weighted by atomic mass is 19.3.